The summed E-state index contributed by atoms with van der Waals surface area (Å²) in [4.78, 5) is 8.84. The van der Waals surface area contributed by atoms with E-state index in [0.29, 0.717) is 6.54 Å². The first-order valence-corrected chi connectivity index (χ1v) is 8.01. The predicted molar refractivity (Wildman–Crippen MR) is 93.9 cm³/mol. The Morgan fingerprint density at radius 1 is 1.26 bits per heavy atom. The molecule has 0 aromatic carbocycles. The molecule has 0 unspecified atom stereocenters. The highest BCUT2D eigenvalue weighted by molar-refractivity contribution is 6.36. The van der Waals surface area contributed by atoms with E-state index in [-0.39, 0.29) is 0 Å². The summed E-state index contributed by atoms with van der Waals surface area (Å²) in [7, 11) is 2.03. The van der Waals surface area contributed by atoms with Gasteiger partial charge in [-0.25, -0.2) is 4.98 Å². The molecule has 6 nitrogen and oxygen atoms in total. The molecule has 0 aliphatic heterocycles. The molecule has 0 atom stereocenters. The van der Waals surface area contributed by atoms with Crippen molar-refractivity contribution in [1.29, 1.82) is 0 Å². The molecule has 3 aromatic rings. The summed E-state index contributed by atoms with van der Waals surface area (Å²) in [5, 5.41) is 11.3. The van der Waals surface area contributed by atoms with Gasteiger partial charge in [-0.3, -0.25) is 4.98 Å². The van der Waals surface area contributed by atoms with Gasteiger partial charge in [-0.05, 0) is 35.9 Å². The summed E-state index contributed by atoms with van der Waals surface area (Å²) >= 11 is 0. The van der Waals surface area contributed by atoms with Crippen molar-refractivity contribution in [2.24, 2.45) is 5.92 Å². The minimum Gasteiger partial charge on any atom is -0.370 e. The number of hydrogen-bond donors (Lipinski definition) is 2. The second-order valence-corrected chi connectivity index (χ2v) is 6.13. The maximum atomic E-state index is 4.69. The number of aromatic nitrogens is 4. The first-order chi connectivity index (χ1) is 11.3. The number of nitrogens with one attached hydrogen (secondary N) is 2. The van der Waals surface area contributed by atoms with E-state index in [2.05, 4.69) is 31.8 Å². The van der Waals surface area contributed by atoms with Crippen LogP contribution < -0.4 is 16.1 Å². The lowest BCUT2D eigenvalue weighted by molar-refractivity contribution is 0.875. The average molecular weight is 306 g/mol. The second kappa shape index (κ2) is 5.91. The van der Waals surface area contributed by atoms with E-state index in [0.717, 1.165) is 40.8 Å². The molecule has 7 heteroatoms. The predicted octanol–water partition coefficient (Wildman–Crippen LogP) is 0.817. The van der Waals surface area contributed by atoms with Gasteiger partial charge < -0.3 is 10.6 Å². The highest BCUT2D eigenvalue weighted by Crippen LogP contribution is 2.29. The van der Waals surface area contributed by atoms with Gasteiger partial charge in [-0.15, -0.1) is 0 Å². The second-order valence-electron chi connectivity index (χ2n) is 6.13. The van der Waals surface area contributed by atoms with Crippen LogP contribution in [0.4, 0.5) is 11.6 Å². The third-order valence-electron chi connectivity index (χ3n) is 4.11. The van der Waals surface area contributed by atoms with E-state index in [1.54, 1.807) is 6.20 Å². The minimum atomic E-state index is 0.702. The van der Waals surface area contributed by atoms with E-state index in [1.165, 1.54) is 12.8 Å². The van der Waals surface area contributed by atoms with Gasteiger partial charge in [0.2, 0.25) is 0 Å². The molecule has 3 aromatic heterocycles. The zero-order chi connectivity index (χ0) is 15.6. The van der Waals surface area contributed by atoms with Crippen LogP contribution in [-0.4, -0.2) is 34.0 Å². The maximum Gasteiger partial charge on any atom is 0.153 e. The Labute approximate surface area is 135 Å². The van der Waals surface area contributed by atoms with Gasteiger partial charge in [0.1, 0.15) is 19.5 Å². The molecule has 0 radical (unpaired) electrons. The van der Waals surface area contributed by atoms with Crippen LogP contribution in [0.3, 0.4) is 0 Å². The summed E-state index contributed by atoms with van der Waals surface area (Å²) in [5.74, 6) is 2.65. The Balaban J connectivity index is 1.60. The molecule has 116 valence electrons. The van der Waals surface area contributed by atoms with E-state index in [4.69, 9.17) is 0 Å². The highest BCUT2D eigenvalue weighted by atomic mass is 15.3. The standard InChI is InChI=1S/C16H19BN6/c17-13-10-21-23-15(20-9-12-2-1-5-18-7-12)6-14(22-16(13)23)19-8-11-3-4-11/h1-2,5-7,10-11,20H,3-4,8-9,17H2,(H,19,22). The fraction of sp³-hybridized carbons (Fsp3) is 0.312. The van der Waals surface area contributed by atoms with Crippen LogP contribution >= 0.6 is 0 Å². The summed E-state index contributed by atoms with van der Waals surface area (Å²) in [5.41, 5.74) is 3.10. The van der Waals surface area contributed by atoms with Crippen molar-refractivity contribution in [3.63, 3.8) is 0 Å². The zero-order valence-corrected chi connectivity index (χ0v) is 13.2. The fourth-order valence-electron chi connectivity index (χ4n) is 2.56. The van der Waals surface area contributed by atoms with Crippen molar-refractivity contribution in [3.8, 4) is 0 Å². The molecule has 1 aliphatic carbocycles. The van der Waals surface area contributed by atoms with E-state index < -0.39 is 0 Å². The van der Waals surface area contributed by atoms with Crippen LogP contribution in [0.2, 0.25) is 0 Å². The quantitative estimate of drug-likeness (QED) is 0.660. The Bertz CT molecular complexity index is 812. The van der Waals surface area contributed by atoms with Crippen LogP contribution in [-0.2, 0) is 6.54 Å². The van der Waals surface area contributed by atoms with Gasteiger partial charge in [0, 0.05) is 37.7 Å². The Morgan fingerprint density at radius 2 is 2.17 bits per heavy atom. The molecular formula is C16H19BN6. The molecule has 0 bridgehead atoms. The summed E-state index contributed by atoms with van der Waals surface area (Å²) < 4.78 is 1.86. The van der Waals surface area contributed by atoms with Crippen molar-refractivity contribution in [2.75, 3.05) is 17.2 Å². The largest absolute Gasteiger partial charge is 0.370 e. The number of anilines is 2. The van der Waals surface area contributed by atoms with Crippen LogP contribution in [0.5, 0.6) is 0 Å². The molecule has 0 amide bonds. The molecule has 4 rings (SSSR count). The molecule has 0 spiro atoms. The van der Waals surface area contributed by atoms with Gasteiger partial charge >= 0.3 is 0 Å². The van der Waals surface area contributed by atoms with Crippen molar-refractivity contribution in [3.05, 3.63) is 42.4 Å². The number of fused-ring (bicyclic) bond motifs is 1. The smallest absolute Gasteiger partial charge is 0.153 e. The van der Waals surface area contributed by atoms with Gasteiger partial charge in [-0.2, -0.15) is 9.61 Å². The normalized spacial score (nSPS) is 14.1. The zero-order valence-electron chi connectivity index (χ0n) is 13.2. The fourth-order valence-corrected chi connectivity index (χ4v) is 2.56. The van der Waals surface area contributed by atoms with Crippen LogP contribution in [0, 0.1) is 5.92 Å². The Morgan fingerprint density at radius 3 is 2.96 bits per heavy atom. The molecular weight excluding hydrogens is 287 g/mol. The van der Waals surface area contributed by atoms with Crippen molar-refractivity contribution >= 4 is 30.6 Å². The molecule has 1 aliphatic rings. The lowest BCUT2D eigenvalue weighted by atomic mass is 10.0. The van der Waals surface area contributed by atoms with Gasteiger partial charge in [0.15, 0.2) is 5.65 Å². The number of hydrogen-bond acceptors (Lipinski definition) is 5. The molecule has 23 heavy (non-hydrogen) atoms. The van der Waals surface area contributed by atoms with Crippen LogP contribution in [0.1, 0.15) is 18.4 Å². The van der Waals surface area contributed by atoms with E-state index in [1.807, 2.05) is 36.9 Å². The lowest BCUT2D eigenvalue weighted by Gasteiger charge is -2.12. The topological polar surface area (TPSA) is 67.1 Å². The third kappa shape index (κ3) is 3.13. The average Bonchev–Trinajstić information content (AvgIpc) is 3.35. The number of pyridine rings is 1. The Hall–Kier alpha value is -2.57. The van der Waals surface area contributed by atoms with E-state index >= 15 is 0 Å². The van der Waals surface area contributed by atoms with Crippen molar-refractivity contribution in [2.45, 2.75) is 19.4 Å². The highest BCUT2D eigenvalue weighted by Gasteiger charge is 2.21. The first kappa shape index (κ1) is 14.1. The summed E-state index contributed by atoms with van der Waals surface area (Å²) in [6, 6.07) is 6.02. The summed E-state index contributed by atoms with van der Waals surface area (Å²) in [6.07, 6.45) is 8.15. The summed E-state index contributed by atoms with van der Waals surface area (Å²) in [6.45, 7) is 1.70. The molecule has 1 saturated carbocycles. The molecule has 1 fully saturated rings. The number of rotatable bonds is 6. The van der Waals surface area contributed by atoms with E-state index in [9.17, 15) is 0 Å². The van der Waals surface area contributed by atoms with Crippen molar-refractivity contribution in [1.82, 2.24) is 19.6 Å². The van der Waals surface area contributed by atoms with Crippen LogP contribution in [0.25, 0.3) is 5.65 Å². The van der Waals surface area contributed by atoms with Gasteiger partial charge in [0.05, 0.1) is 0 Å². The lowest BCUT2D eigenvalue weighted by Crippen LogP contribution is -2.12. The SMILES string of the molecule is Bc1cnn2c(NCc3cccnc3)cc(NCC3CC3)nc12. The molecule has 0 saturated heterocycles. The number of nitrogens with zero attached hydrogens (tertiary/aromatic N) is 4. The monoisotopic (exact) mass is 306 g/mol. The van der Waals surface area contributed by atoms with Crippen LogP contribution in [0.15, 0.2) is 36.8 Å². The van der Waals surface area contributed by atoms with Gasteiger partial charge in [0.25, 0.3) is 0 Å². The minimum absolute atomic E-state index is 0.702. The van der Waals surface area contributed by atoms with Gasteiger partial charge in [-0.1, -0.05) is 6.07 Å². The first-order valence-electron chi connectivity index (χ1n) is 8.01. The Kier molecular flexibility index (Phi) is 3.61. The third-order valence-corrected chi connectivity index (χ3v) is 4.11. The van der Waals surface area contributed by atoms with Crippen molar-refractivity contribution < 1.29 is 0 Å². The molecule has 3 heterocycles. The molecule has 2 N–H and O–H groups in total. The maximum absolute atomic E-state index is 4.69.